The van der Waals surface area contributed by atoms with Crippen LogP contribution in [-0.4, -0.2) is 26.3 Å². The summed E-state index contributed by atoms with van der Waals surface area (Å²) < 4.78 is 14.9. The van der Waals surface area contributed by atoms with E-state index in [9.17, 15) is 14.3 Å². The van der Waals surface area contributed by atoms with Crippen LogP contribution < -0.4 is 5.32 Å². The molecule has 0 atom stereocenters. The van der Waals surface area contributed by atoms with E-state index in [-0.39, 0.29) is 24.1 Å². The number of carbonyl (C=O) groups excluding carboxylic acids is 1. The highest BCUT2D eigenvalue weighted by Crippen LogP contribution is 2.20. The molecule has 140 valence electrons. The Morgan fingerprint density at radius 2 is 1.85 bits per heavy atom. The van der Waals surface area contributed by atoms with Crippen LogP contribution in [0.15, 0.2) is 66.0 Å². The zero-order chi connectivity index (χ0) is 19.1. The summed E-state index contributed by atoms with van der Waals surface area (Å²) in [5, 5.41) is 13.0. The number of carbonyl (C=O) groups is 1. The Hall–Kier alpha value is -2.64. The highest BCUT2D eigenvalue weighted by Gasteiger charge is 2.12. The number of halogens is 1. The first kappa shape index (κ1) is 19.1. The molecular weight excluding hydrogens is 365 g/mol. The third-order valence-electron chi connectivity index (χ3n) is 3.98. The van der Waals surface area contributed by atoms with Gasteiger partial charge in [0.1, 0.15) is 5.82 Å². The molecule has 0 aliphatic heterocycles. The van der Waals surface area contributed by atoms with Gasteiger partial charge >= 0.3 is 0 Å². The number of nitrogens with zero attached hydrogens (tertiary/aromatic N) is 2. The fourth-order valence-corrected chi connectivity index (χ4v) is 3.38. The second-order valence-electron chi connectivity index (χ2n) is 5.95. The molecule has 0 radical (unpaired) electrons. The largest absolute Gasteiger partial charge is 0.390 e. The lowest BCUT2D eigenvalue weighted by atomic mass is 10.2. The average molecular weight is 385 g/mol. The first-order valence-corrected chi connectivity index (χ1v) is 9.47. The minimum atomic E-state index is -0.295. The summed E-state index contributed by atoms with van der Waals surface area (Å²) in [7, 11) is 0. The fraction of sp³-hybridized carbons (Fsp3) is 0.200. The minimum absolute atomic E-state index is 0.0919. The van der Waals surface area contributed by atoms with Crippen molar-refractivity contribution in [1.82, 2.24) is 14.9 Å². The van der Waals surface area contributed by atoms with Crippen molar-refractivity contribution in [1.29, 1.82) is 0 Å². The van der Waals surface area contributed by atoms with Gasteiger partial charge in [0.25, 0.3) is 0 Å². The van der Waals surface area contributed by atoms with Gasteiger partial charge in [-0.1, -0.05) is 54.2 Å². The van der Waals surface area contributed by atoms with Crippen molar-refractivity contribution in [2.75, 3.05) is 5.75 Å². The van der Waals surface area contributed by atoms with Gasteiger partial charge in [0.05, 0.1) is 24.3 Å². The highest BCUT2D eigenvalue weighted by atomic mass is 32.2. The maximum Gasteiger partial charge on any atom is 0.230 e. The van der Waals surface area contributed by atoms with Gasteiger partial charge in [-0.05, 0) is 23.3 Å². The quantitative estimate of drug-likeness (QED) is 0.585. The predicted molar refractivity (Wildman–Crippen MR) is 103 cm³/mol. The van der Waals surface area contributed by atoms with Crippen molar-refractivity contribution < 1.29 is 14.3 Å². The van der Waals surface area contributed by atoms with Crippen molar-refractivity contribution in [3.05, 3.63) is 83.4 Å². The van der Waals surface area contributed by atoms with E-state index in [1.54, 1.807) is 18.3 Å². The van der Waals surface area contributed by atoms with Crippen LogP contribution in [0.4, 0.5) is 4.39 Å². The molecule has 1 heterocycles. The molecule has 3 aromatic rings. The summed E-state index contributed by atoms with van der Waals surface area (Å²) in [4.78, 5) is 16.4. The second kappa shape index (κ2) is 9.34. The number of nitrogens with one attached hydrogen (secondary N) is 1. The van der Waals surface area contributed by atoms with Crippen LogP contribution in [0.2, 0.25) is 0 Å². The lowest BCUT2D eigenvalue weighted by Crippen LogP contribution is -2.24. The molecule has 0 spiro atoms. The first-order chi connectivity index (χ1) is 13.2. The number of aliphatic hydroxyl groups excluding tert-OH is 1. The Balaban J connectivity index is 1.60. The van der Waals surface area contributed by atoms with Gasteiger partial charge in [-0.3, -0.25) is 4.79 Å². The third-order valence-corrected chi connectivity index (χ3v) is 4.97. The molecule has 5 nitrogen and oxygen atoms in total. The summed E-state index contributed by atoms with van der Waals surface area (Å²) in [6.07, 6.45) is 1.59. The zero-order valence-electron chi connectivity index (χ0n) is 14.6. The van der Waals surface area contributed by atoms with E-state index < -0.39 is 0 Å². The van der Waals surface area contributed by atoms with E-state index in [0.717, 1.165) is 11.1 Å². The molecule has 1 aromatic heterocycles. The van der Waals surface area contributed by atoms with Crippen molar-refractivity contribution in [2.45, 2.75) is 24.9 Å². The van der Waals surface area contributed by atoms with Gasteiger partial charge in [0.15, 0.2) is 5.16 Å². The normalized spacial score (nSPS) is 10.7. The van der Waals surface area contributed by atoms with Crippen molar-refractivity contribution >= 4 is 17.7 Å². The molecule has 2 N–H and O–H groups in total. The van der Waals surface area contributed by atoms with E-state index in [2.05, 4.69) is 10.3 Å². The number of amides is 1. The van der Waals surface area contributed by atoms with E-state index in [1.807, 2.05) is 34.9 Å². The second-order valence-corrected chi connectivity index (χ2v) is 6.90. The number of thioether (sulfide) groups is 1. The third kappa shape index (κ3) is 5.42. The molecule has 2 aromatic carbocycles. The van der Waals surface area contributed by atoms with E-state index >= 15 is 0 Å². The summed E-state index contributed by atoms with van der Waals surface area (Å²) in [6, 6.07) is 15.9. The SMILES string of the molecule is O=C(CSc1ncc(CO)n1Cc1ccc(F)cc1)NCc1ccccc1. The molecule has 0 unspecified atom stereocenters. The number of aliphatic hydroxyl groups is 1. The van der Waals surface area contributed by atoms with Crippen molar-refractivity contribution in [2.24, 2.45) is 0 Å². The molecular formula is C20H20FN3O2S. The van der Waals surface area contributed by atoms with E-state index in [4.69, 9.17) is 0 Å². The lowest BCUT2D eigenvalue weighted by molar-refractivity contribution is -0.118. The van der Waals surface area contributed by atoms with Gasteiger partial charge in [-0.25, -0.2) is 9.37 Å². The van der Waals surface area contributed by atoms with Gasteiger partial charge in [0.2, 0.25) is 5.91 Å². The van der Waals surface area contributed by atoms with Crippen molar-refractivity contribution in [3.63, 3.8) is 0 Å². The topological polar surface area (TPSA) is 67.1 Å². The van der Waals surface area contributed by atoms with Crippen LogP contribution in [0.3, 0.4) is 0 Å². The molecule has 0 saturated carbocycles. The van der Waals surface area contributed by atoms with Crippen LogP contribution in [-0.2, 0) is 24.5 Å². The Bertz CT molecular complexity index is 882. The molecule has 0 aliphatic rings. The Morgan fingerprint density at radius 1 is 1.11 bits per heavy atom. The Labute approximate surface area is 161 Å². The standard InChI is InChI=1S/C20H20FN3O2S/c21-17-8-6-16(7-9-17)12-24-18(13-25)11-23-20(24)27-14-19(26)22-10-15-4-2-1-3-5-15/h1-9,11,25H,10,12-14H2,(H,22,26). The number of hydrogen-bond donors (Lipinski definition) is 2. The van der Waals surface area contributed by atoms with Gasteiger partial charge in [0, 0.05) is 13.1 Å². The number of aromatic nitrogens is 2. The number of benzene rings is 2. The monoisotopic (exact) mass is 385 g/mol. The Morgan fingerprint density at radius 3 is 2.56 bits per heavy atom. The smallest absolute Gasteiger partial charge is 0.230 e. The molecule has 27 heavy (non-hydrogen) atoms. The summed E-state index contributed by atoms with van der Waals surface area (Å²) in [5.74, 6) is -0.166. The van der Waals surface area contributed by atoms with Crippen LogP contribution in [0.5, 0.6) is 0 Å². The van der Waals surface area contributed by atoms with Crippen LogP contribution >= 0.6 is 11.8 Å². The minimum Gasteiger partial charge on any atom is -0.390 e. The fourth-order valence-electron chi connectivity index (χ4n) is 2.55. The first-order valence-electron chi connectivity index (χ1n) is 8.49. The Kier molecular flexibility index (Phi) is 6.62. The summed E-state index contributed by atoms with van der Waals surface area (Å²) in [5.41, 5.74) is 2.57. The molecule has 0 bridgehead atoms. The maximum atomic E-state index is 13.1. The van der Waals surface area contributed by atoms with Gasteiger partial charge < -0.3 is 15.0 Å². The molecule has 0 saturated heterocycles. The predicted octanol–water partition coefficient (Wildman–Crippen LogP) is 2.97. The summed E-state index contributed by atoms with van der Waals surface area (Å²) >= 11 is 1.30. The van der Waals surface area contributed by atoms with Gasteiger partial charge in [-0.15, -0.1) is 0 Å². The van der Waals surface area contributed by atoms with Gasteiger partial charge in [-0.2, -0.15) is 0 Å². The van der Waals surface area contributed by atoms with E-state index in [1.165, 1.54) is 23.9 Å². The molecule has 1 amide bonds. The average Bonchev–Trinajstić information content (AvgIpc) is 3.09. The number of imidazole rings is 1. The highest BCUT2D eigenvalue weighted by molar-refractivity contribution is 7.99. The lowest BCUT2D eigenvalue weighted by Gasteiger charge is -2.11. The maximum absolute atomic E-state index is 13.1. The van der Waals surface area contributed by atoms with Crippen LogP contribution in [0.25, 0.3) is 0 Å². The number of rotatable bonds is 8. The van der Waals surface area contributed by atoms with Crippen LogP contribution in [0.1, 0.15) is 16.8 Å². The van der Waals surface area contributed by atoms with Crippen molar-refractivity contribution in [3.8, 4) is 0 Å². The zero-order valence-corrected chi connectivity index (χ0v) is 15.5. The molecule has 0 aliphatic carbocycles. The summed E-state index contributed by atoms with van der Waals surface area (Å²) in [6.45, 7) is 0.769. The molecule has 7 heteroatoms. The molecule has 3 rings (SSSR count). The molecule has 0 fully saturated rings. The van der Waals surface area contributed by atoms with Crippen LogP contribution in [0, 0.1) is 5.82 Å². The number of hydrogen-bond acceptors (Lipinski definition) is 4. The van der Waals surface area contributed by atoms with E-state index in [0.29, 0.717) is 23.9 Å².